The number of aryl methyl sites for hydroxylation is 1. The van der Waals surface area contributed by atoms with Crippen LogP contribution in [0.3, 0.4) is 0 Å². The monoisotopic (exact) mass is 389 g/mol. The van der Waals surface area contributed by atoms with E-state index in [0.29, 0.717) is 6.42 Å². The van der Waals surface area contributed by atoms with Crippen LogP contribution in [0.15, 0.2) is 53.0 Å². The normalized spacial score (nSPS) is 12.0. The molecule has 1 amide bonds. The van der Waals surface area contributed by atoms with E-state index >= 15 is 0 Å². The second kappa shape index (κ2) is 8.88. The van der Waals surface area contributed by atoms with Gasteiger partial charge in [0.05, 0.1) is 12.1 Å². The molecule has 1 N–H and O–H groups in total. The SMILES string of the molecule is CC(C)Oc1cccc(C(C)NC(=O)CCc2ccccc2Br)c1. The number of halogens is 1. The minimum absolute atomic E-state index is 0.0487. The number of hydrogen-bond acceptors (Lipinski definition) is 2. The highest BCUT2D eigenvalue weighted by Gasteiger charge is 2.11. The molecule has 2 rings (SSSR count). The maximum absolute atomic E-state index is 12.2. The van der Waals surface area contributed by atoms with Crippen molar-refractivity contribution in [3.8, 4) is 5.75 Å². The predicted octanol–water partition coefficient (Wildman–Crippen LogP) is 5.05. The number of amides is 1. The van der Waals surface area contributed by atoms with Crippen LogP contribution in [0.1, 0.15) is 44.4 Å². The summed E-state index contributed by atoms with van der Waals surface area (Å²) in [7, 11) is 0. The molecule has 0 saturated carbocycles. The number of benzene rings is 2. The number of nitrogens with one attached hydrogen (secondary N) is 1. The Bertz CT molecular complexity index is 685. The second-order valence-electron chi connectivity index (χ2n) is 6.12. The molecule has 128 valence electrons. The molecular weight excluding hydrogens is 366 g/mol. The Balaban J connectivity index is 1.90. The van der Waals surface area contributed by atoms with Gasteiger partial charge in [0.25, 0.3) is 0 Å². The van der Waals surface area contributed by atoms with Gasteiger partial charge in [-0.1, -0.05) is 46.3 Å². The van der Waals surface area contributed by atoms with Gasteiger partial charge in [-0.3, -0.25) is 4.79 Å². The van der Waals surface area contributed by atoms with Gasteiger partial charge in [0.2, 0.25) is 5.91 Å². The van der Waals surface area contributed by atoms with Crippen LogP contribution in [-0.4, -0.2) is 12.0 Å². The summed E-state index contributed by atoms with van der Waals surface area (Å²) in [4.78, 5) is 12.2. The van der Waals surface area contributed by atoms with E-state index in [2.05, 4.69) is 21.2 Å². The van der Waals surface area contributed by atoms with E-state index in [1.54, 1.807) is 0 Å². The van der Waals surface area contributed by atoms with Gasteiger partial charge in [0.15, 0.2) is 0 Å². The zero-order valence-electron chi connectivity index (χ0n) is 14.4. The van der Waals surface area contributed by atoms with E-state index in [9.17, 15) is 4.79 Å². The molecule has 0 aliphatic rings. The lowest BCUT2D eigenvalue weighted by Gasteiger charge is -2.17. The summed E-state index contributed by atoms with van der Waals surface area (Å²) >= 11 is 3.52. The summed E-state index contributed by atoms with van der Waals surface area (Å²) < 4.78 is 6.76. The van der Waals surface area contributed by atoms with Gasteiger partial charge in [-0.05, 0) is 56.5 Å². The number of rotatable bonds is 7. The van der Waals surface area contributed by atoms with E-state index in [1.807, 2.05) is 69.3 Å². The van der Waals surface area contributed by atoms with Crippen LogP contribution in [0.5, 0.6) is 5.75 Å². The Kier molecular flexibility index (Phi) is 6.85. The van der Waals surface area contributed by atoms with Crippen molar-refractivity contribution in [3.63, 3.8) is 0 Å². The van der Waals surface area contributed by atoms with Gasteiger partial charge >= 0.3 is 0 Å². The molecule has 1 unspecified atom stereocenters. The predicted molar refractivity (Wildman–Crippen MR) is 101 cm³/mol. The van der Waals surface area contributed by atoms with Crippen LogP contribution < -0.4 is 10.1 Å². The first-order chi connectivity index (χ1) is 11.5. The summed E-state index contributed by atoms with van der Waals surface area (Å²) in [5.74, 6) is 0.880. The summed E-state index contributed by atoms with van der Waals surface area (Å²) in [5, 5.41) is 3.06. The summed E-state index contributed by atoms with van der Waals surface area (Å²) in [6.07, 6.45) is 1.32. The van der Waals surface area contributed by atoms with E-state index in [1.165, 1.54) is 0 Å². The highest BCUT2D eigenvalue weighted by Crippen LogP contribution is 2.21. The number of carbonyl (C=O) groups excluding carboxylic acids is 1. The smallest absolute Gasteiger partial charge is 0.220 e. The molecule has 0 aliphatic carbocycles. The van der Waals surface area contributed by atoms with Crippen LogP contribution >= 0.6 is 15.9 Å². The van der Waals surface area contributed by atoms with E-state index in [0.717, 1.165) is 27.8 Å². The van der Waals surface area contributed by atoms with Crippen LogP contribution in [0.4, 0.5) is 0 Å². The average Bonchev–Trinajstić information content (AvgIpc) is 2.53. The standard InChI is InChI=1S/C20H24BrNO2/c1-14(2)24-18-9-6-8-17(13-18)15(3)22-20(23)12-11-16-7-4-5-10-19(16)21/h4-10,13-15H,11-12H2,1-3H3,(H,22,23). The third-order valence-corrected chi connectivity index (χ3v) is 4.46. The second-order valence-corrected chi connectivity index (χ2v) is 6.97. The number of carbonyl (C=O) groups is 1. The first-order valence-corrected chi connectivity index (χ1v) is 9.04. The molecular formula is C20H24BrNO2. The van der Waals surface area contributed by atoms with E-state index in [-0.39, 0.29) is 18.1 Å². The Morgan fingerprint density at radius 1 is 1.12 bits per heavy atom. The average molecular weight is 390 g/mol. The molecule has 3 nitrogen and oxygen atoms in total. The van der Waals surface area contributed by atoms with Crippen molar-refractivity contribution in [1.82, 2.24) is 5.32 Å². The first-order valence-electron chi connectivity index (χ1n) is 8.25. The van der Waals surface area contributed by atoms with Gasteiger partial charge in [0.1, 0.15) is 5.75 Å². The Labute approximate surface area is 152 Å². The minimum atomic E-state index is -0.0487. The largest absolute Gasteiger partial charge is 0.491 e. The molecule has 0 bridgehead atoms. The summed E-state index contributed by atoms with van der Waals surface area (Å²) in [6, 6.07) is 15.8. The molecule has 2 aromatic rings. The Hall–Kier alpha value is -1.81. The number of ether oxygens (including phenoxy) is 1. The van der Waals surface area contributed by atoms with E-state index in [4.69, 9.17) is 4.74 Å². The van der Waals surface area contributed by atoms with Crippen molar-refractivity contribution in [2.45, 2.75) is 45.8 Å². The quantitative estimate of drug-likeness (QED) is 0.719. The lowest BCUT2D eigenvalue weighted by molar-refractivity contribution is -0.121. The van der Waals surface area contributed by atoms with E-state index < -0.39 is 0 Å². The molecule has 4 heteroatoms. The minimum Gasteiger partial charge on any atom is -0.491 e. The number of hydrogen-bond donors (Lipinski definition) is 1. The first kappa shape index (κ1) is 18.5. The molecule has 1 atom stereocenters. The van der Waals surface area contributed by atoms with Crippen LogP contribution in [0, 0.1) is 0 Å². The van der Waals surface area contributed by atoms with Gasteiger partial charge < -0.3 is 10.1 Å². The molecule has 24 heavy (non-hydrogen) atoms. The fourth-order valence-corrected chi connectivity index (χ4v) is 2.96. The maximum Gasteiger partial charge on any atom is 0.220 e. The van der Waals surface area contributed by atoms with Crippen molar-refractivity contribution < 1.29 is 9.53 Å². The molecule has 0 aromatic heterocycles. The summed E-state index contributed by atoms with van der Waals surface area (Å²) in [6.45, 7) is 5.99. The summed E-state index contributed by atoms with van der Waals surface area (Å²) in [5.41, 5.74) is 2.19. The van der Waals surface area contributed by atoms with Crippen LogP contribution in [0.2, 0.25) is 0 Å². The van der Waals surface area contributed by atoms with Crippen molar-refractivity contribution in [3.05, 3.63) is 64.1 Å². The van der Waals surface area contributed by atoms with Gasteiger partial charge in [-0.15, -0.1) is 0 Å². The van der Waals surface area contributed by atoms with Crippen molar-refractivity contribution >= 4 is 21.8 Å². The Morgan fingerprint density at radius 2 is 1.88 bits per heavy atom. The van der Waals surface area contributed by atoms with Crippen LogP contribution in [-0.2, 0) is 11.2 Å². The van der Waals surface area contributed by atoms with Gasteiger partial charge in [-0.25, -0.2) is 0 Å². The van der Waals surface area contributed by atoms with Gasteiger partial charge in [-0.2, -0.15) is 0 Å². The molecule has 0 heterocycles. The molecule has 0 spiro atoms. The van der Waals surface area contributed by atoms with Crippen LogP contribution in [0.25, 0.3) is 0 Å². The highest BCUT2D eigenvalue weighted by atomic mass is 79.9. The van der Waals surface area contributed by atoms with Gasteiger partial charge in [0, 0.05) is 10.9 Å². The maximum atomic E-state index is 12.2. The molecule has 0 radical (unpaired) electrons. The fourth-order valence-electron chi connectivity index (χ4n) is 2.48. The molecule has 0 fully saturated rings. The molecule has 0 aliphatic heterocycles. The topological polar surface area (TPSA) is 38.3 Å². The fraction of sp³-hybridized carbons (Fsp3) is 0.350. The zero-order chi connectivity index (χ0) is 17.5. The third-order valence-electron chi connectivity index (χ3n) is 3.69. The molecule has 0 saturated heterocycles. The lowest BCUT2D eigenvalue weighted by atomic mass is 10.1. The van der Waals surface area contributed by atoms with Crippen molar-refractivity contribution in [2.75, 3.05) is 0 Å². The highest BCUT2D eigenvalue weighted by molar-refractivity contribution is 9.10. The van der Waals surface area contributed by atoms with Crippen molar-refractivity contribution in [1.29, 1.82) is 0 Å². The third kappa shape index (κ3) is 5.68. The molecule has 2 aromatic carbocycles. The Morgan fingerprint density at radius 3 is 2.58 bits per heavy atom. The van der Waals surface area contributed by atoms with Crippen molar-refractivity contribution in [2.24, 2.45) is 0 Å². The zero-order valence-corrected chi connectivity index (χ0v) is 16.0. The lowest BCUT2D eigenvalue weighted by Crippen LogP contribution is -2.26.